The molecule has 0 saturated heterocycles. The summed E-state index contributed by atoms with van der Waals surface area (Å²) >= 11 is 0. The SMILES string of the molecule is CC(C)CN(C)C(=O)c1ccc(-n2cccc2)cc1. The van der Waals surface area contributed by atoms with Gasteiger partial charge in [0.2, 0.25) is 0 Å². The van der Waals surface area contributed by atoms with Crippen LogP contribution in [0.5, 0.6) is 0 Å². The molecule has 0 radical (unpaired) electrons. The Labute approximate surface area is 114 Å². The van der Waals surface area contributed by atoms with Gasteiger partial charge < -0.3 is 9.47 Å². The third-order valence-electron chi connectivity index (χ3n) is 3.00. The lowest BCUT2D eigenvalue weighted by Crippen LogP contribution is -2.30. The van der Waals surface area contributed by atoms with Gasteiger partial charge in [0.1, 0.15) is 0 Å². The van der Waals surface area contributed by atoms with Crippen LogP contribution >= 0.6 is 0 Å². The Hall–Kier alpha value is -2.03. The molecule has 0 saturated carbocycles. The van der Waals surface area contributed by atoms with E-state index in [1.165, 1.54) is 0 Å². The van der Waals surface area contributed by atoms with Gasteiger partial charge in [0.05, 0.1) is 0 Å². The molecule has 0 atom stereocenters. The zero-order chi connectivity index (χ0) is 13.8. The maximum atomic E-state index is 12.2. The number of hydrogen-bond donors (Lipinski definition) is 0. The van der Waals surface area contributed by atoms with Crippen molar-refractivity contribution in [3.8, 4) is 5.69 Å². The number of nitrogens with zero attached hydrogens (tertiary/aromatic N) is 2. The van der Waals surface area contributed by atoms with Crippen molar-refractivity contribution in [2.75, 3.05) is 13.6 Å². The minimum atomic E-state index is 0.0766. The molecule has 1 aromatic heterocycles. The highest BCUT2D eigenvalue weighted by molar-refractivity contribution is 5.94. The molecule has 1 heterocycles. The van der Waals surface area contributed by atoms with Gasteiger partial charge in [-0.25, -0.2) is 0 Å². The van der Waals surface area contributed by atoms with Gasteiger partial charge in [0, 0.05) is 37.2 Å². The molecule has 0 spiro atoms. The molecule has 0 fully saturated rings. The van der Waals surface area contributed by atoms with Gasteiger partial charge in [-0.05, 0) is 42.3 Å². The molecule has 0 aliphatic heterocycles. The van der Waals surface area contributed by atoms with Crippen molar-refractivity contribution in [3.05, 3.63) is 54.4 Å². The summed E-state index contributed by atoms with van der Waals surface area (Å²) in [5, 5.41) is 0. The second-order valence-electron chi connectivity index (χ2n) is 5.22. The van der Waals surface area contributed by atoms with Gasteiger partial charge in [-0.15, -0.1) is 0 Å². The maximum Gasteiger partial charge on any atom is 0.253 e. The molecular weight excluding hydrogens is 236 g/mol. The van der Waals surface area contributed by atoms with Crippen molar-refractivity contribution in [2.45, 2.75) is 13.8 Å². The molecule has 2 aromatic rings. The third kappa shape index (κ3) is 3.25. The Bertz CT molecular complexity index is 526. The Morgan fingerprint density at radius 1 is 1.16 bits per heavy atom. The van der Waals surface area contributed by atoms with Gasteiger partial charge in [0.15, 0.2) is 0 Å². The van der Waals surface area contributed by atoms with E-state index in [4.69, 9.17) is 0 Å². The van der Waals surface area contributed by atoms with E-state index in [2.05, 4.69) is 13.8 Å². The average Bonchev–Trinajstić information content (AvgIpc) is 2.91. The predicted molar refractivity (Wildman–Crippen MR) is 77.6 cm³/mol. The van der Waals surface area contributed by atoms with Crippen LogP contribution in [0.4, 0.5) is 0 Å². The summed E-state index contributed by atoms with van der Waals surface area (Å²) in [6.45, 7) is 5.00. The summed E-state index contributed by atoms with van der Waals surface area (Å²) in [6, 6.07) is 11.7. The van der Waals surface area contributed by atoms with Crippen LogP contribution in [0.25, 0.3) is 5.69 Å². The third-order valence-corrected chi connectivity index (χ3v) is 3.00. The molecule has 2 rings (SSSR count). The van der Waals surface area contributed by atoms with E-state index in [9.17, 15) is 4.79 Å². The number of aromatic nitrogens is 1. The van der Waals surface area contributed by atoms with Crippen molar-refractivity contribution in [3.63, 3.8) is 0 Å². The first-order chi connectivity index (χ1) is 9.08. The Morgan fingerprint density at radius 2 is 1.74 bits per heavy atom. The largest absolute Gasteiger partial charge is 0.341 e. The fourth-order valence-corrected chi connectivity index (χ4v) is 2.13. The van der Waals surface area contributed by atoms with Crippen LogP contribution in [0, 0.1) is 5.92 Å². The first-order valence-electron chi connectivity index (χ1n) is 6.57. The van der Waals surface area contributed by atoms with Gasteiger partial charge in [0.25, 0.3) is 5.91 Å². The molecule has 0 aliphatic rings. The van der Waals surface area contributed by atoms with Crippen molar-refractivity contribution in [1.29, 1.82) is 0 Å². The average molecular weight is 256 g/mol. The molecular formula is C16H20N2O. The number of amides is 1. The van der Waals surface area contributed by atoms with E-state index in [0.717, 1.165) is 17.8 Å². The highest BCUT2D eigenvalue weighted by Gasteiger charge is 2.12. The van der Waals surface area contributed by atoms with Crippen molar-refractivity contribution in [1.82, 2.24) is 9.47 Å². The molecule has 1 aromatic carbocycles. The van der Waals surface area contributed by atoms with Crippen LogP contribution in [0.1, 0.15) is 24.2 Å². The van der Waals surface area contributed by atoms with E-state index in [1.807, 2.05) is 60.4 Å². The Morgan fingerprint density at radius 3 is 2.26 bits per heavy atom. The summed E-state index contributed by atoms with van der Waals surface area (Å²) < 4.78 is 2.02. The standard InChI is InChI=1S/C16H20N2O/c1-13(2)12-17(3)16(19)14-6-8-15(9-7-14)18-10-4-5-11-18/h4-11,13H,12H2,1-3H3. The number of rotatable bonds is 4. The smallest absolute Gasteiger partial charge is 0.253 e. The summed E-state index contributed by atoms with van der Waals surface area (Å²) in [5.41, 5.74) is 1.80. The Kier molecular flexibility index (Phi) is 4.05. The predicted octanol–water partition coefficient (Wildman–Crippen LogP) is 3.21. The molecule has 0 N–H and O–H groups in total. The van der Waals surface area contributed by atoms with E-state index in [-0.39, 0.29) is 5.91 Å². The number of hydrogen-bond acceptors (Lipinski definition) is 1. The highest BCUT2D eigenvalue weighted by atomic mass is 16.2. The van der Waals surface area contributed by atoms with Gasteiger partial charge >= 0.3 is 0 Å². The normalized spacial score (nSPS) is 10.7. The lowest BCUT2D eigenvalue weighted by Gasteiger charge is -2.19. The van der Waals surface area contributed by atoms with Crippen LogP contribution < -0.4 is 0 Å². The van der Waals surface area contributed by atoms with Crippen LogP contribution in [-0.4, -0.2) is 29.0 Å². The molecule has 1 amide bonds. The number of carbonyl (C=O) groups excluding carboxylic acids is 1. The number of benzene rings is 1. The first kappa shape index (κ1) is 13.4. The van der Waals surface area contributed by atoms with E-state index < -0.39 is 0 Å². The van der Waals surface area contributed by atoms with E-state index in [0.29, 0.717) is 5.92 Å². The quantitative estimate of drug-likeness (QED) is 0.824. The van der Waals surface area contributed by atoms with E-state index >= 15 is 0 Å². The zero-order valence-electron chi connectivity index (χ0n) is 11.7. The molecule has 100 valence electrons. The topological polar surface area (TPSA) is 25.2 Å². The van der Waals surface area contributed by atoms with Crippen molar-refractivity contribution >= 4 is 5.91 Å². The van der Waals surface area contributed by atoms with Gasteiger partial charge in [-0.1, -0.05) is 13.8 Å². The van der Waals surface area contributed by atoms with Crippen molar-refractivity contribution < 1.29 is 4.79 Å². The second kappa shape index (κ2) is 5.74. The molecule has 0 aliphatic carbocycles. The minimum absolute atomic E-state index is 0.0766. The molecule has 0 bridgehead atoms. The zero-order valence-corrected chi connectivity index (χ0v) is 11.7. The lowest BCUT2D eigenvalue weighted by atomic mass is 10.1. The summed E-state index contributed by atoms with van der Waals surface area (Å²) in [6.07, 6.45) is 3.98. The van der Waals surface area contributed by atoms with Gasteiger partial charge in [-0.3, -0.25) is 4.79 Å². The van der Waals surface area contributed by atoms with Crippen LogP contribution in [-0.2, 0) is 0 Å². The fourth-order valence-electron chi connectivity index (χ4n) is 2.13. The van der Waals surface area contributed by atoms with Crippen molar-refractivity contribution in [2.24, 2.45) is 5.92 Å². The maximum absolute atomic E-state index is 12.2. The van der Waals surface area contributed by atoms with Crippen LogP contribution in [0.15, 0.2) is 48.8 Å². The molecule has 19 heavy (non-hydrogen) atoms. The minimum Gasteiger partial charge on any atom is -0.341 e. The summed E-state index contributed by atoms with van der Waals surface area (Å²) in [4.78, 5) is 14.0. The van der Waals surface area contributed by atoms with Gasteiger partial charge in [-0.2, -0.15) is 0 Å². The summed E-state index contributed by atoms with van der Waals surface area (Å²) in [7, 11) is 1.85. The molecule has 0 unspecified atom stereocenters. The van der Waals surface area contributed by atoms with Crippen LogP contribution in [0.2, 0.25) is 0 Å². The fraction of sp³-hybridized carbons (Fsp3) is 0.312. The van der Waals surface area contributed by atoms with E-state index in [1.54, 1.807) is 4.90 Å². The highest BCUT2D eigenvalue weighted by Crippen LogP contribution is 2.12. The molecule has 3 nitrogen and oxygen atoms in total. The second-order valence-corrected chi connectivity index (χ2v) is 5.22. The Balaban J connectivity index is 2.12. The lowest BCUT2D eigenvalue weighted by molar-refractivity contribution is 0.0779. The van der Waals surface area contributed by atoms with Crippen LogP contribution in [0.3, 0.4) is 0 Å². The summed E-state index contributed by atoms with van der Waals surface area (Å²) in [5.74, 6) is 0.556. The number of carbonyl (C=O) groups is 1. The monoisotopic (exact) mass is 256 g/mol. The first-order valence-corrected chi connectivity index (χ1v) is 6.57. The molecule has 3 heteroatoms.